The van der Waals surface area contributed by atoms with Crippen molar-refractivity contribution in [1.29, 1.82) is 0 Å². The third-order valence-electron chi connectivity index (χ3n) is 5.18. The molecule has 2 aromatic carbocycles. The summed E-state index contributed by atoms with van der Waals surface area (Å²) in [6.45, 7) is 2.10. The maximum Gasteiger partial charge on any atom is 0.261 e. The number of amides is 3. The average molecular weight is 404 g/mol. The first-order valence-corrected chi connectivity index (χ1v) is 10.3. The lowest BCUT2D eigenvalue weighted by molar-refractivity contribution is 0.0693. The summed E-state index contributed by atoms with van der Waals surface area (Å²) in [4.78, 5) is 39.4. The lowest BCUT2D eigenvalue weighted by atomic mass is 10.0. The number of hydrogen-bond donors (Lipinski definition) is 1. The van der Waals surface area contributed by atoms with Gasteiger partial charge in [0.25, 0.3) is 17.7 Å². The highest BCUT2D eigenvalue weighted by Gasteiger charge is 2.33. The molecule has 1 aliphatic heterocycles. The normalized spacial score (nSPS) is 14.1. The van der Waals surface area contributed by atoms with Crippen LogP contribution in [0.5, 0.6) is 0 Å². The SMILES string of the molecule is CCc1ccc([C@@H](NC(=O)c2ccc3c(c2)C(=O)N(C)C3=O)c2cccs2)cc1. The minimum Gasteiger partial charge on any atom is -0.340 e. The van der Waals surface area contributed by atoms with Crippen molar-refractivity contribution in [1.82, 2.24) is 10.2 Å². The molecule has 3 aromatic rings. The Bertz CT molecular complexity index is 1090. The van der Waals surface area contributed by atoms with Gasteiger partial charge in [0, 0.05) is 17.5 Å². The van der Waals surface area contributed by atoms with Gasteiger partial charge in [0.2, 0.25) is 0 Å². The van der Waals surface area contributed by atoms with Crippen molar-refractivity contribution in [3.63, 3.8) is 0 Å². The van der Waals surface area contributed by atoms with Crippen molar-refractivity contribution in [2.45, 2.75) is 19.4 Å². The number of fused-ring (bicyclic) bond motifs is 1. The number of aryl methyl sites for hydroxylation is 1. The zero-order chi connectivity index (χ0) is 20.5. The lowest BCUT2D eigenvalue weighted by Crippen LogP contribution is -2.29. The van der Waals surface area contributed by atoms with E-state index in [4.69, 9.17) is 0 Å². The molecule has 6 heteroatoms. The molecule has 5 nitrogen and oxygen atoms in total. The molecule has 0 saturated carbocycles. The van der Waals surface area contributed by atoms with Gasteiger partial charge in [-0.2, -0.15) is 0 Å². The molecule has 1 aliphatic rings. The summed E-state index contributed by atoms with van der Waals surface area (Å²) in [7, 11) is 1.44. The van der Waals surface area contributed by atoms with Crippen LogP contribution in [0.25, 0.3) is 0 Å². The van der Waals surface area contributed by atoms with Gasteiger partial charge in [-0.1, -0.05) is 37.3 Å². The van der Waals surface area contributed by atoms with Gasteiger partial charge in [-0.05, 0) is 47.2 Å². The molecule has 0 fully saturated rings. The Morgan fingerprint density at radius 2 is 1.76 bits per heavy atom. The second-order valence-corrected chi connectivity index (χ2v) is 7.93. The van der Waals surface area contributed by atoms with E-state index in [9.17, 15) is 14.4 Å². The van der Waals surface area contributed by atoms with E-state index < -0.39 is 0 Å². The van der Waals surface area contributed by atoms with Crippen LogP contribution < -0.4 is 5.32 Å². The first-order chi connectivity index (χ1) is 14.0. The molecule has 4 rings (SSSR count). The van der Waals surface area contributed by atoms with Crippen LogP contribution in [0, 0.1) is 0 Å². The molecule has 1 aromatic heterocycles. The largest absolute Gasteiger partial charge is 0.340 e. The minimum absolute atomic E-state index is 0.269. The smallest absolute Gasteiger partial charge is 0.261 e. The number of imide groups is 1. The van der Waals surface area contributed by atoms with Crippen molar-refractivity contribution in [3.05, 3.63) is 92.7 Å². The van der Waals surface area contributed by atoms with Crippen molar-refractivity contribution >= 4 is 29.1 Å². The van der Waals surface area contributed by atoms with Crippen LogP contribution in [0.15, 0.2) is 60.0 Å². The van der Waals surface area contributed by atoms with Crippen LogP contribution in [0.3, 0.4) is 0 Å². The predicted molar refractivity (Wildman–Crippen MR) is 112 cm³/mol. The summed E-state index contributed by atoms with van der Waals surface area (Å²) in [5.74, 6) is -1.02. The topological polar surface area (TPSA) is 66.5 Å². The minimum atomic E-state index is -0.385. The number of carbonyl (C=O) groups excluding carboxylic acids is 3. The van der Waals surface area contributed by atoms with Gasteiger partial charge in [0.1, 0.15) is 0 Å². The highest BCUT2D eigenvalue weighted by atomic mass is 32.1. The molecule has 0 spiro atoms. The molecule has 146 valence electrons. The highest BCUT2D eigenvalue weighted by molar-refractivity contribution is 7.10. The predicted octanol–water partition coefficient (Wildman–Crippen LogP) is 4.06. The second-order valence-electron chi connectivity index (χ2n) is 6.95. The lowest BCUT2D eigenvalue weighted by Gasteiger charge is -2.19. The third-order valence-corrected chi connectivity index (χ3v) is 6.11. The summed E-state index contributed by atoms with van der Waals surface area (Å²) in [5, 5.41) is 5.06. The van der Waals surface area contributed by atoms with E-state index >= 15 is 0 Å². The molecule has 29 heavy (non-hydrogen) atoms. The Balaban J connectivity index is 1.64. The van der Waals surface area contributed by atoms with E-state index in [0.717, 1.165) is 21.8 Å². The Hall–Kier alpha value is -3.25. The van der Waals surface area contributed by atoms with E-state index in [1.54, 1.807) is 23.5 Å². The summed E-state index contributed by atoms with van der Waals surface area (Å²) in [6, 6.07) is 16.5. The summed E-state index contributed by atoms with van der Waals surface area (Å²) in [6.07, 6.45) is 0.951. The van der Waals surface area contributed by atoms with Crippen LogP contribution in [-0.4, -0.2) is 29.7 Å². The molecule has 0 radical (unpaired) electrons. The van der Waals surface area contributed by atoms with E-state index in [-0.39, 0.29) is 29.3 Å². The number of rotatable bonds is 5. The maximum absolute atomic E-state index is 13.0. The first-order valence-electron chi connectivity index (χ1n) is 9.39. The molecule has 3 amide bonds. The molecule has 0 bridgehead atoms. The fraction of sp³-hybridized carbons (Fsp3) is 0.174. The number of benzene rings is 2. The van der Waals surface area contributed by atoms with Crippen molar-refractivity contribution in [2.24, 2.45) is 0 Å². The molecule has 0 aliphatic carbocycles. The van der Waals surface area contributed by atoms with E-state index in [1.807, 2.05) is 29.6 Å². The molecule has 1 atom stereocenters. The van der Waals surface area contributed by atoms with Crippen LogP contribution >= 0.6 is 11.3 Å². The van der Waals surface area contributed by atoms with Gasteiger partial charge in [-0.25, -0.2) is 0 Å². The summed E-state index contributed by atoms with van der Waals surface area (Å²) >= 11 is 1.57. The highest BCUT2D eigenvalue weighted by Crippen LogP contribution is 2.28. The van der Waals surface area contributed by atoms with Gasteiger partial charge in [0.05, 0.1) is 17.2 Å². The number of nitrogens with zero attached hydrogens (tertiary/aromatic N) is 1. The zero-order valence-corrected chi connectivity index (χ0v) is 17.0. The van der Waals surface area contributed by atoms with Gasteiger partial charge < -0.3 is 5.32 Å². The van der Waals surface area contributed by atoms with Crippen LogP contribution in [0.4, 0.5) is 0 Å². The van der Waals surface area contributed by atoms with Crippen LogP contribution in [0.2, 0.25) is 0 Å². The quantitative estimate of drug-likeness (QED) is 0.652. The fourth-order valence-corrected chi connectivity index (χ4v) is 4.24. The monoisotopic (exact) mass is 404 g/mol. The Morgan fingerprint density at radius 3 is 2.41 bits per heavy atom. The molecule has 0 saturated heterocycles. The Morgan fingerprint density at radius 1 is 1.03 bits per heavy atom. The zero-order valence-electron chi connectivity index (χ0n) is 16.1. The van der Waals surface area contributed by atoms with Gasteiger partial charge in [-0.3, -0.25) is 19.3 Å². The van der Waals surface area contributed by atoms with Crippen molar-refractivity contribution in [2.75, 3.05) is 7.05 Å². The standard InChI is InChI=1S/C23H20N2O3S/c1-3-14-6-8-15(9-7-14)20(19-5-4-12-29-19)24-21(26)16-10-11-17-18(13-16)23(28)25(2)22(17)27/h4-13,20H,3H2,1-2H3,(H,24,26)/t20-/m1/s1. The molecular formula is C23H20N2O3S. The number of carbonyl (C=O) groups is 3. The van der Waals surface area contributed by atoms with Crippen molar-refractivity contribution < 1.29 is 14.4 Å². The maximum atomic E-state index is 13.0. The molecule has 0 unspecified atom stereocenters. The molecule has 2 heterocycles. The average Bonchev–Trinajstić information content (AvgIpc) is 3.36. The second kappa shape index (κ2) is 7.64. The fourth-order valence-electron chi connectivity index (χ4n) is 3.44. The van der Waals surface area contributed by atoms with Gasteiger partial charge in [0.15, 0.2) is 0 Å². The summed E-state index contributed by atoms with van der Waals surface area (Å²) < 4.78 is 0. The van der Waals surface area contributed by atoms with Gasteiger partial charge >= 0.3 is 0 Å². The van der Waals surface area contributed by atoms with E-state index in [1.165, 1.54) is 18.7 Å². The number of hydrogen-bond acceptors (Lipinski definition) is 4. The van der Waals surface area contributed by atoms with Crippen LogP contribution in [-0.2, 0) is 6.42 Å². The number of thiophene rings is 1. The summed E-state index contributed by atoms with van der Waals surface area (Å²) in [5.41, 5.74) is 3.18. The van der Waals surface area contributed by atoms with E-state index in [2.05, 4.69) is 24.4 Å². The van der Waals surface area contributed by atoms with Crippen molar-refractivity contribution in [3.8, 4) is 0 Å². The van der Waals surface area contributed by atoms with Gasteiger partial charge in [-0.15, -0.1) is 11.3 Å². The Kier molecular flexibility index (Phi) is 5.03. The third kappa shape index (κ3) is 3.47. The first kappa shape index (κ1) is 19.1. The number of nitrogens with one attached hydrogen (secondary N) is 1. The Labute approximate surface area is 173 Å². The molecule has 1 N–H and O–H groups in total. The van der Waals surface area contributed by atoms with E-state index in [0.29, 0.717) is 11.1 Å². The van der Waals surface area contributed by atoms with Crippen LogP contribution in [0.1, 0.15) is 60.0 Å². The molecular weight excluding hydrogens is 384 g/mol.